The lowest BCUT2D eigenvalue weighted by molar-refractivity contribution is -0.162. The Morgan fingerprint density at radius 1 is 0.815 bits per heavy atom. The molecule has 3 aromatic carbocycles. The standard InChI is InChI=1S/C42H56N2O10/c1-8-10-21-43-39(45)27-53-31-15-13-14-29(24-31)34(19-17-28-18-20-35(48-3)36(23-28)49-4)54-42(47)33-16-11-12-22-44(33)41(46)32(9-2)30-25-37(50-5)40(52-7)38(26-30)51-6/h13-15,18,20,23-26,32-34H,8-12,16-17,19,21-22,27H2,1-7H3,(H,43,45)/t32-,33-,34?/m0/s1. The monoisotopic (exact) mass is 748 g/mol. The largest absolute Gasteiger partial charge is 0.493 e. The summed E-state index contributed by atoms with van der Waals surface area (Å²) in [5, 5.41) is 2.86. The first-order chi connectivity index (χ1) is 26.2. The molecule has 0 radical (unpaired) electrons. The van der Waals surface area contributed by atoms with E-state index in [1.165, 1.54) is 21.3 Å². The Hall–Kier alpha value is -5.13. The lowest BCUT2D eigenvalue weighted by atomic mass is 9.91. The fourth-order valence-electron chi connectivity index (χ4n) is 6.75. The van der Waals surface area contributed by atoms with E-state index in [-0.39, 0.29) is 18.4 Å². The van der Waals surface area contributed by atoms with Crippen LogP contribution in [0.5, 0.6) is 34.5 Å². The van der Waals surface area contributed by atoms with Gasteiger partial charge in [0, 0.05) is 13.1 Å². The first-order valence-corrected chi connectivity index (χ1v) is 18.7. The highest BCUT2D eigenvalue weighted by Crippen LogP contribution is 2.41. The summed E-state index contributed by atoms with van der Waals surface area (Å²) >= 11 is 0. The van der Waals surface area contributed by atoms with Gasteiger partial charge >= 0.3 is 5.97 Å². The molecule has 0 aliphatic carbocycles. The molecule has 0 bridgehead atoms. The second kappa shape index (κ2) is 20.9. The molecule has 0 saturated carbocycles. The van der Waals surface area contributed by atoms with Crippen LogP contribution in [-0.2, 0) is 25.5 Å². The number of amides is 2. The van der Waals surface area contributed by atoms with Gasteiger partial charge in [-0.2, -0.15) is 0 Å². The molecule has 294 valence electrons. The number of benzene rings is 3. The Labute approximate surface area is 319 Å². The van der Waals surface area contributed by atoms with Crippen molar-refractivity contribution in [2.75, 3.05) is 55.2 Å². The van der Waals surface area contributed by atoms with Crippen LogP contribution in [0.15, 0.2) is 54.6 Å². The zero-order valence-corrected chi connectivity index (χ0v) is 32.7. The summed E-state index contributed by atoms with van der Waals surface area (Å²) in [7, 11) is 7.78. The molecule has 0 aromatic heterocycles. The number of likely N-dealkylation sites (tertiary alicyclic amines) is 1. The Morgan fingerprint density at radius 3 is 2.19 bits per heavy atom. The molecule has 12 nitrogen and oxygen atoms in total. The average Bonchev–Trinajstić information content (AvgIpc) is 3.21. The molecule has 12 heteroatoms. The van der Waals surface area contributed by atoms with Crippen molar-refractivity contribution in [1.29, 1.82) is 0 Å². The van der Waals surface area contributed by atoms with Gasteiger partial charge in [0.15, 0.2) is 29.6 Å². The number of rotatable bonds is 20. The normalized spacial score (nSPS) is 15.0. The Bertz CT molecular complexity index is 1670. The molecule has 1 aliphatic rings. The van der Waals surface area contributed by atoms with E-state index in [0.717, 1.165) is 31.2 Å². The van der Waals surface area contributed by atoms with Crippen LogP contribution >= 0.6 is 0 Å². The van der Waals surface area contributed by atoms with Crippen molar-refractivity contribution < 1.29 is 47.5 Å². The zero-order valence-electron chi connectivity index (χ0n) is 32.7. The molecule has 1 unspecified atom stereocenters. The topological polar surface area (TPSA) is 131 Å². The molecule has 2 amide bonds. The molecular formula is C42H56N2O10. The number of carbonyl (C=O) groups is 3. The Morgan fingerprint density at radius 2 is 1.54 bits per heavy atom. The van der Waals surface area contributed by atoms with Gasteiger partial charge in [0.2, 0.25) is 11.7 Å². The summed E-state index contributed by atoms with van der Waals surface area (Å²) in [4.78, 5) is 42.6. The van der Waals surface area contributed by atoms with E-state index in [1.54, 1.807) is 43.4 Å². The number of methoxy groups -OCH3 is 5. The number of ether oxygens (including phenoxy) is 7. The number of nitrogens with zero attached hydrogens (tertiary/aromatic N) is 1. The number of nitrogens with one attached hydrogen (secondary N) is 1. The number of carbonyl (C=O) groups excluding carboxylic acids is 3. The maximum absolute atomic E-state index is 14.4. The second-order valence-corrected chi connectivity index (χ2v) is 13.2. The summed E-state index contributed by atoms with van der Waals surface area (Å²) in [6, 6.07) is 15.8. The Balaban J connectivity index is 1.59. The number of piperidine rings is 1. The van der Waals surface area contributed by atoms with Crippen molar-refractivity contribution in [3.05, 3.63) is 71.3 Å². The quantitative estimate of drug-likeness (QED) is 0.0971. The molecule has 1 N–H and O–H groups in total. The molecule has 0 spiro atoms. The van der Waals surface area contributed by atoms with Crippen LogP contribution in [0.1, 0.15) is 87.5 Å². The lowest BCUT2D eigenvalue weighted by Crippen LogP contribution is -2.50. The minimum Gasteiger partial charge on any atom is -0.493 e. The number of hydrogen-bond donors (Lipinski definition) is 1. The van der Waals surface area contributed by atoms with Crippen molar-refractivity contribution in [3.8, 4) is 34.5 Å². The number of esters is 1. The summed E-state index contributed by atoms with van der Waals surface area (Å²) < 4.78 is 39.8. The smallest absolute Gasteiger partial charge is 0.329 e. The van der Waals surface area contributed by atoms with Gasteiger partial charge < -0.3 is 43.4 Å². The molecule has 3 aromatic rings. The van der Waals surface area contributed by atoms with E-state index in [4.69, 9.17) is 33.2 Å². The molecule has 3 atom stereocenters. The minimum absolute atomic E-state index is 0.132. The number of aryl methyl sites for hydroxylation is 1. The van der Waals surface area contributed by atoms with Gasteiger partial charge in [0.1, 0.15) is 17.9 Å². The van der Waals surface area contributed by atoms with E-state index < -0.39 is 24.0 Å². The third kappa shape index (κ3) is 10.7. The van der Waals surface area contributed by atoms with Gasteiger partial charge in [-0.1, -0.05) is 38.5 Å². The molecule has 1 aliphatic heterocycles. The van der Waals surface area contributed by atoms with Gasteiger partial charge in [0.25, 0.3) is 5.91 Å². The van der Waals surface area contributed by atoms with Gasteiger partial charge in [-0.3, -0.25) is 9.59 Å². The van der Waals surface area contributed by atoms with Crippen LogP contribution in [0, 0.1) is 0 Å². The summed E-state index contributed by atoms with van der Waals surface area (Å²) in [5.41, 5.74) is 2.39. The fraction of sp³-hybridized carbons (Fsp3) is 0.500. The van der Waals surface area contributed by atoms with E-state index in [1.807, 2.05) is 37.3 Å². The summed E-state index contributed by atoms with van der Waals surface area (Å²) in [5.74, 6) is 1.65. The number of unbranched alkanes of at least 4 members (excludes halogenated alkanes) is 1. The van der Waals surface area contributed by atoms with Crippen LogP contribution in [0.3, 0.4) is 0 Å². The zero-order chi connectivity index (χ0) is 39.0. The van der Waals surface area contributed by atoms with Gasteiger partial charge in [0.05, 0.1) is 41.5 Å². The fourth-order valence-corrected chi connectivity index (χ4v) is 6.75. The third-order valence-electron chi connectivity index (χ3n) is 9.71. The van der Waals surface area contributed by atoms with Crippen molar-refractivity contribution in [2.45, 2.75) is 83.3 Å². The van der Waals surface area contributed by atoms with Crippen LogP contribution in [0.2, 0.25) is 0 Å². The van der Waals surface area contributed by atoms with E-state index in [9.17, 15) is 14.4 Å². The van der Waals surface area contributed by atoms with Crippen molar-refractivity contribution >= 4 is 17.8 Å². The third-order valence-corrected chi connectivity index (χ3v) is 9.71. The van der Waals surface area contributed by atoms with Crippen LogP contribution in [0.25, 0.3) is 0 Å². The highest BCUT2D eigenvalue weighted by Gasteiger charge is 2.38. The van der Waals surface area contributed by atoms with Gasteiger partial charge in [-0.05, 0) is 98.0 Å². The predicted molar refractivity (Wildman–Crippen MR) is 205 cm³/mol. The van der Waals surface area contributed by atoms with Gasteiger partial charge in [-0.25, -0.2) is 4.79 Å². The minimum atomic E-state index is -0.767. The van der Waals surface area contributed by atoms with E-state index in [0.29, 0.717) is 84.4 Å². The molecular weight excluding hydrogens is 692 g/mol. The predicted octanol–water partition coefficient (Wildman–Crippen LogP) is 6.82. The highest BCUT2D eigenvalue weighted by molar-refractivity contribution is 5.89. The molecule has 4 rings (SSSR count). The first-order valence-electron chi connectivity index (χ1n) is 18.7. The van der Waals surface area contributed by atoms with Crippen molar-refractivity contribution in [1.82, 2.24) is 10.2 Å². The van der Waals surface area contributed by atoms with Crippen LogP contribution < -0.4 is 33.7 Å². The maximum atomic E-state index is 14.4. The van der Waals surface area contributed by atoms with Crippen molar-refractivity contribution in [3.63, 3.8) is 0 Å². The maximum Gasteiger partial charge on any atom is 0.329 e. The van der Waals surface area contributed by atoms with Crippen molar-refractivity contribution in [2.24, 2.45) is 0 Å². The molecule has 1 heterocycles. The summed E-state index contributed by atoms with van der Waals surface area (Å²) in [6.07, 6.45) is 4.71. The molecule has 54 heavy (non-hydrogen) atoms. The summed E-state index contributed by atoms with van der Waals surface area (Å²) in [6.45, 7) is 4.89. The van der Waals surface area contributed by atoms with Crippen LogP contribution in [-0.4, -0.2) is 84.0 Å². The van der Waals surface area contributed by atoms with E-state index in [2.05, 4.69) is 12.2 Å². The molecule has 1 saturated heterocycles. The average molecular weight is 749 g/mol. The Kier molecular flexibility index (Phi) is 16.1. The second-order valence-electron chi connectivity index (χ2n) is 13.2. The van der Waals surface area contributed by atoms with Gasteiger partial charge in [-0.15, -0.1) is 0 Å². The SMILES string of the molecule is CCCCNC(=O)COc1cccc(C(CCc2ccc(OC)c(OC)c2)OC(=O)[C@@H]2CCCCN2C(=O)[C@@H](CC)c2cc(OC)c(OC)c(OC)c2)c1. The first kappa shape index (κ1) is 41.6. The lowest BCUT2D eigenvalue weighted by Gasteiger charge is -2.37. The van der Waals surface area contributed by atoms with E-state index >= 15 is 0 Å². The van der Waals surface area contributed by atoms with Crippen LogP contribution in [0.4, 0.5) is 0 Å². The number of hydrogen-bond acceptors (Lipinski definition) is 10. The molecule has 1 fully saturated rings. The highest BCUT2D eigenvalue weighted by atomic mass is 16.5.